The molecule has 1 aromatic heterocycles. The summed E-state index contributed by atoms with van der Waals surface area (Å²) in [7, 11) is 0. The number of rotatable bonds is 4. The molecule has 1 aliphatic rings. The van der Waals surface area contributed by atoms with Crippen LogP contribution in [0.1, 0.15) is 37.8 Å². The van der Waals surface area contributed by atoms with Crippen molar-refractivity contribution in [1.29, 1.82) is 0 Å². The van der Waals surface area contributed by atoms with E-state index in [4.69, 9.17) is 10.5 Å². The van der Waals surface area contributed by atoms with Crippen molar-refractivity contribution in [2.24, 2.45) is 5.92 Å². The van der Waals surface area contributed by atoms with E-state index in [1.807, 2.05) is 0 Å². The van der Waals surface area contributed by atoms with Gasteiger partial charge in [-0.1, -0.05) is 19.3 Å². The van der Waals surface area contributed by atoms with Crippen LogP contribution in [0, 0.1) is 5.92 Å². The van der Waals surface area contributed by atoms with Crippen molar-refractivity contribution in [2.45, 2.75) is 38.7 Å². The van der Waals surface area contributed by atoms with Gasteiger partial charge in [-0.05, 0) is 18.8 Å². The lowest BCUT2D eigenvalue weighted by Gasteiger charge is -2.21. The van der Waals surface area contributed by atoms with Gasteiger partial charge in [0.15, 0.2) is 0 Å². The Labute approximate surface area is 96.2 Å². The van der Waals surface area contributed by atoms with E-state index in [2.05, 4.69) is 9.97 Å². The van der Waals surface area contributed by atoms with Gasteiger partial charge in [0.1, 0.15) is 5.82 Å². The second kappa shape index (κ2) is 5.80. The Kier molecular flexibility index (Phi) is 4.10. The van der Waals surface area contributed by atoms with Gasteiger partial charge in [0.05, 0.1) is 24.7 Å². The Hall–Kier alpha value is -1.16. The molecule has 0 aliphatic heterocycles. The highest BCUT2D eigenvalue weighted by molar-refractivity contribution is 5.22. The third kappa shape index (κ3) is 3.45. The Morgan fingerprint density at radius 3 is 2.69 bits per heavy atom. The summed E-state index contributed by atoms with van der Waals surface area (Å²) in [5.41, 5.74) is 6.31. The zero-order valence-corrected chi connectivity index (χ0v) is 9.56. The number of aromatic nitrogens is 2. The SMILES string of the molecule is Nc1cnc(COCC2CCCCC2)cn1. The number of nitrogen functional groups attached to an aromatic ring is 1. The van der Waals surface area contributed by atoms with Crippen molar-refractivity contribution in [3.05, 3.63) is 18.1 Å². The molecule has 0 spiro atoms. The molecule has 1 heterocycles. The van der Waals surface area contributed by atoms with Gasteiger partial charge in [-0.2, -0.15) is 0 Å². The molecule has 0 unspecified atom stereocenters. The number of hydrogen-bond acceptors (Lipinski definition) is 4. The lowest BCUT2D eigenvalue weighted by molar-refractivity contribution is 0.0719. The number of anilines is 1. The van der Waals surface area contributed by atoms with E-state index in [9.17, 15) is 0 Å². The van der Waals surface area contributed by atoms with Crippen LogP contribution >= 0.6 is 0 Å². The highest BCUT2D eigenvalue weighted by Crippen LogP contribution is 2.23. The van der Waals surface area contributed by atoms with E-state index in [1.165, 1.54) is 32.1 Å². The summed E-state index contributed by atoms with van der Waals surface area (Å²) in [4.78, 5) is 8.13. The molecular weight excluding hydrogens is 202 g/mol. The first-order chi connectivity index (χ1) is 7.84. The van der Waals surface area contributed by atoms with E-state index >= 15 is 0 Å². The first-order valence-electron chi connectivity index (χ1n) is 5.99. The molecule has 1 aliphatic carbocycles. The summed E-state index contributed by atoms with van der Waals surface area (Å²) in [6, 6.07) is 0. The van der Waals surface area contributed by atoms with E-state index in [1.54, 1.807) is 12.4 Å². The number of nitrogens with two attached hydrogens (primary N) is 1. The number of nitrogens with zero attached hydrogens (tertiary/aromatic N) is 2. The van der Waals surface area contributed by atoms with Crippen molar-refractivity contribution < 1.29 is 4.74 Å². The second-order valence-electron chi connectivity index (χ2n) is 4.45. The topological polar surface area (TPSA) is 61.0 Å². The van der Waals surface area contributed by atoms with Crippen molar-refractivity contribution in [3.63, 3.8) is 0 Å². The van der Waals surface area contributed by atoms with Crippen molar-refractivity contribution in [1.82, 2.24) is 9.97 Å². The molecule has 0 radical (unpaired) electrons. The molecule has 0 saturated heterocycles. The minimum absolute atomic E-state index is 0.455. The zero-order valence-electron chi connectivity index (χ0n) is 9.56. The summed E-state index contributed by atoms with van der Waals surface area (Å²) >= 11 is 0. The third-order valence-corrected chi connectivity index (χ3v) is 3.05. The van der Waals surface area contributed by atoms with Crippen molar-refractivity contribution >= 4 is 5.82 Å². The molecule has 2 N–H and O–H groups in total. The molecule has 1 saturated carbocycles. The lowest BCUT2D eigenvalue weighted by atomic mass is 9.90. The van der Waals surface area contributed by atoms with Crippen LogP contribution in [0.2, 0.25) is 0 Å². The van der Waals surface area contributed by atoms with Crippen LogP contribution in [-0.4, -0.2) is 16.6 Å². The fourth-order valence-corrected chi connectivity index (χ4v) is 2.12. The lowest BCUT2D eigenvalue weighted by Crippen LogP contribution is -2.13. The molecule has 16 heavy (non-hydrogen) atoms. The average Bonchev–Trinajstić information content (AvgIpc) is 2.33. The third-order valence-electron chi connectivity index (χ3n) is 3.05. The first kappa shape index (κ1) is 11.3. The fourth-order valence-electron chi connectivity index (χ4n) is 2.12. The molecule has 0 bridgehead atoms. The molecule has 4 nitrogen and oxygen atoms in total. The maximum absolute atomic E-state index is 5.66. The Balaban J connectivity index is 1.69. The van der Waals surface area contributed by atoms with Crippen LogP contribution in [0.4, 0.5) is 5.82 Å². The molecule has 1 fully saturated rings. The normalized spacial score (nSPS) is 17.5. The molecule has 88 valence electrons. The molecule has 2 rings (SSSR count). The molecule has 4 heteroatoms. The van der Waals surface area contributed by atoms with Crippen LogP contribution in [0.25, 0.3) is 0 Å². The summed E-state index contributed by atoms with van der Waals surface area (Å²) in [6.45, 7) is 1.40. The van der Waals surface area contributed by atoms with Crippen LogP contribution in [0.5, 0.6) is 0 Å². The second-order valence-corrected chi connectivity index (χ2v) is 4.45. The summed E-state index contributed by atoms with van der Waals surface area (Å²) in [5.74, 6) is 1.20. The average molecular weight is 221 g/mol. The van der Waals surface area contributed by atoms with Gasteiger partial charge < -0.3 is 10.5 Å². The first-order valence-corrected chi connectivity index (χ1v) is 5.99. The molecule has 0 amide bonds. The van der Waals surface area contributed by atoms with Gasteiger partial charge in [0.25, 0.3) is 0 Å². The minimum Gasteiger partial charge on any atom is -0.382 e. The highest BCUT2D eigenvalue weighted by atomic mass is 16.5. The van der Waals surface area contributed by atoms with Gasteiger partial charge >= 0.3 is 0 Å². The zero-order chi connectivity index (χ0) is 11.2. The monoisotopic (exact) mass is 221 g/mol. The van der Waals surface area contributed by atoms with Crippen molar-refractivity contribution in [2.75, 3.05) is 12.3 Å². The van der Waals surface area contributed by atoms with Gasteiger partial charge in [-0.15, -0.1) is 0 Å². The number of hydrogen-bond donors (Lipinski definition) is 1. The molecule has 0 aromatic carbocycles. The Bertz CT molecular complexity index is 307. The van der Waals surface area contributed by atoms with E-state index in [0.29, 0.717) is 12.4 Å². The molecule has 1 aromatic rings. The number of ether oxygens (including phenoxy) is 1. The van der Waals surface area contributed by atoms with E-state index < -0.39 is 0 Å². The smallest absolute Gasteiger partial charge is 0.141 e. The molecular formula is C12H19N3O. The predicted octanol–water partition coefficient (Wildman–Crippen LogP) is 2.16. The van der Waals surface area contributed by atoms with Gasteiger partial charge in [0, 0.05) is 6.61 Å². The van der Waals surface area contributed by atoms with Crippen LogP contribution in [0.3, 0.4) is 0 Å². The van der Waals surface area contributed by atoms with Crippen LogP contribution < -0.4 is 5.73 Å². The Morgan fingerprint density at radius 2 is 2.00 bits per heavy atom. The summed E-state index contributed by atoms with van der Waals surface area (Å²) < 4.78 is 5.66. The van der Waals surface area contributed by atoms with Crippen molar-refractivity contribution in [3.8, 4) is 0 Å². The minimum atomic E-state index is 0.455. The summed E-state index contributed by atoms with van der Waals surface area (Å²) in [5, 5.41) is 0. The fraction of sp³-hybridized carbons (Fsp3) is 0.667. The van der Waals surface area contributed by atoms with Crippen LogP contribution in [0.15, 0.2) is 12.4 Å². The standard InChI is InChI=1S/C12H19N3O/c13-12-7-14-11(6-15-12)9-16-8-10-4-2-1-3-5-10/h6-7,10H,1-5,8-9H2,(H2,13,15). The van der Waals surface area contributed by atoms with Gasteiger partial charge in [-0.3, -0.25) is 4.98 Å². The van der Waals surface area contributed by atoms with Gasteiger partial charge in [-0.25, -0.2) is 4.98 Å². The van der Waals surface area contributed by atoms with Gasteiger partial charge in [0.2, 0.25) is 0 Å². The maximum atomic E-state index is 5.66. The molecule has 0 atom stereocenters. The van der Waals surface area contributed by atoms with E-state index in [-0.39, 0.29) is 0 Å². The maximum Gasteiger partial charge on any atom is 0.141 e. The quantitative estimate of drug-likeness (QED) is 0.846. The predicted molar refractivity (Wildman–Crippen MR) is 62.7 cm³/mol. The summed E-state index contributed by atoms with van der Waals surface area (Å²) in [6.07, 6.45) is 9.97. The largest absolute Gasteiger partial charge is 0.382 e. The highest BCUT2D eigenvalue weighted by Gasteiger charge is 2.13. The Morgan fingerprint density at radius 1 is 1.19 bits per heavy atom. The van der Waals surface area contributed by atoms with Crippen LogP contribution in [-0.2, 0) is 11.3 Å². The van der Waals surface area contributed by atoms with E-state index in [0.717, 1.165) is 18.2 Å².